The molecule has 2 rings (SSSR count). The van der Waals surface area contributed by atoms with Crippen molar-refractivity contribution in [2.75, 3.05) is 12.4 Å². The number of aryl methyl sites for hydroxylation is 1. The molecule has 0 bridgehead atoms. The van der Waals surface area contributed by atoms with Crippen LogP contribution in [0.25, 0.3) is 11.3 Å². The van der Waals surface area contributed by atoms with Gasteiger partial charge < -0.3 is 15.2 Å². The Morgan fingerprint density at radius 1 is 1.42 bits per heavy atom. The summed E-state index contributed by atoms with van der Waals surface area (Å²) in [6.45, 7) is 2.80. The van der Waals surface area contributed by atoms with Crippen LogP contribution in [0.5, 0.6) is 5.75 Å². The summed E-state index contributed by atoms with van der Waals surface area (Å²) >= 11 is 0. The molecule has 0 saturated heterocycles. The predicted molar refractivity (Wildman–Crippen MR) is 85.9 cm³/mol. The van der Waals surface area contributed by atoms with Gasteiger partial charge in [-0.3, -0.25) is 4.68 Å². The fraction of sp³-hybridized carbons (Fsp3) is 0.375. The number of methoxy groups -OCH3 is 1. The Morgan fingerprint density at radius 3 is 2.58 bits per heavy atom. The monoisotopic (exact) mass is 375 g/mol. The van der Waals surface area contributed by atoms with Crippen LogP contribution in [-0.2, 0) is 6.54 Å². The summed E-state index contributed by atoms with van der Waals surface area (Å²) in [7, 11) is 1.28. The Hall–Kier alpha value is -2.78. The minimum atomic E-state index is -4.44. The van der Waals surface area contributed by atoms with E-state index in [1.807, 2.05) is 0 Å². The summed E-state index contributed by atoms with van der Waals surface area (Å²) in [4.78, 5) is 11.1. The summed E-state index contributed by atoms with van der Waals surface area (Å²) < 4.78 is 58.9. The molecule has 0 aliphatic carbocycles. The van der Waals surface area contributed by atoms with Crippen molar-refractivity contribution in [1.82, 2.24) is 9.78 Å². The number of rotatable bonds is 6. The Bertz CT molecular complexity index is 818. The van der Waals surface area contributed by atoms with Crippen molar-refractivity contribution in [3.05, 3.63) is 29.7 Å². The molecule has 6 nitrogen and oxygen atoms in total. The molecule has 0 amide bonds. The number of aromatic carboxylic acids is 1. The van der Waals surface area contributed by atoms with Crippen molar-refractivity contribution in [3.63, 3.8) is 0 Å². The van der Waals surface area contributed by atoms with E-state index in [9.17, 15) is 22.4 Å². The normalized spacial score (nSPS) is 12.7. The van der Waals surface area contributed by atoms with Crippen LogP contribution < -0.4 is 10.1 Å². The van der Waals surface area contributed by atoms with E-state index in [2.05, 4.69) is 10.4 Å². The summed E-state index contributed by atoms with van der Waals surface area (Å²) in [5, 5.41) is 15.0. The molecule has 0 radical (unpaired) electrons. The lowest BCUT2D eigenvalue weighted by molar-refractivity contribution is -0.138. The molecule has 26 heavy (non-hydrogen) atoms. The van der Waals surface area contributed by atoms with Crippen LogP contribution in [-0.4, -0.2) is 40.2 Å². The van der Waals surface area contributed by atoms with Crippen molar-refractivity contribution in [3.8, 4) is 17.0 Å². The quantitative estimate of drug-likeness (QED) is 0.752. The minimum absolute atomic E-state index is 0.0785. The first-order valence-corrected chi connectivity index (χ1v) is 7.61. The standard InChI is InChI=1S/C16H17F4N3O3/c1-4-23-14(12(17)13(22-23)15(24)25)10-6-5-9(7-11(10)26-3)21-8(2)16(18,19)20/h5-8,21H,4H2,1-3H3,(H,24,25)/t8-/m1/s1. The van der Waals surface area contributed by atoms with Gasteiger partial charge in [0.25, 0.3) is 0 Å². The van der Waals surface area contributed by atoms with Crippen LogP contribution >= 0.6 is 0 Å². The number of nitrogens with one attached hydrogen (secondary N) is 1. The Labute approximate surface area is 146 Å². The predicted octanol–water partition coefficient (Wildman–Crippen LogP) is 3.78. The number of carboxylic acids is 1. The number of aromatic nitrogens is 2. The van der Waals surface area contributed by atoms with E-state index in [0.717, 1.165) is 11.6 Å². The smallest absolute Gasteiger partial charge is 0.408 e. The van der Waals surface area contributed by atoms with Gasteiger partial charge in [-0.05, 0) is 26.0 Å². The fourth-order valence-corrected chi connectivity index (χ4v) is 2.37. The molecule has 0 aliphatic heterocycles. The van der Waals surface area contributed by atoms with Gasteiger partial charge in [0.2, 0.25) is 5.69 Å². The highest BCUT2D eigenvalue weighted by molar-refractivity contribution is 5.88. The first-order valence-electron chi connectivity index (χ1n) is 7.61. The van der Waals surface area contributed by atoms with Crippen LogP contribution in [0.2, 0.25) is 0 Å². The van der Waals surface area contributed by atoms with E-state index in [1.165, 1.54) is 25.3 Å². The first-order chi connectivity index (χ1) is 12.1. The maximum Gasteiger partial charge on any atom is 0.408 e. The molecule has 1 heterocycles. The summed E-state index contributed by atoms with van der Waals surface area (Å²) in [6.07, 6.45) is -4.44. The number of alkyl halides is 3. The Morgan fingerprint density at radius 2 is 2.08 bits per heavy atom. The van der Waals surface area contributed by atoms with Crippen LogP contribution in [0.4, 0.5) is 23.2 Å². The van der Waals surface area contributed by atoms with Crippen molar-refractivity contribution >= 4 is 11.7 Å². The topological polar surface area (TPSA) is 76.4 Å². The van der Waals surface area contributed by atoms with Gasteiger partial charge in [0.05, 0.1) is 7.11 Å². The molecule has 10 heteroatoms. The molecule has 0 unspecified atom stereocenters. The van der Waals surface area contributed by atoms with Gasteiger partial charge in [-0.25, -0.2) is 9.18 Å². The summed E-state index contributed by atoms with van der Waals surface area (Å²) in [6, 6.07) is 2.16. The molecule has 142 valence electrons. The zero-order chi connectivity index (χ0) is 19.6. The average molecular weight is 375 g/mol. The number of benzene rings is 1. The van der Waals surface area contributed by atoms with E-state index in [4.69, 9.17) is 9.84 Å². The van der Waals surface area contributed by atoms with Gasteiger partial charge in [0.15, 0.2) is 5.82 Å². The molecule has 2 N–H and O–H groups in total. The molecule has 0 saturated carbocycles. The summed E-state index contributed by atoms with van der Waals surface area (Å²) in [5.41, 5.74) is -0.553. The van der Waals surface area contributed by atoms with Gasteiger partial charge in [-0.2, -0.15) is 18.3 Å². The van der Waals surface area contributed by atoms with Crippen LogP contribution in [0.15, 0.2) is 18.2 Å². The van der Waals surface area contributed by atoms with Crippen LogP contribution in [0.3, 0.4) is 0 Å². The second-order valence-electron chi connectivity index (χ2n) is 5.45. The molecule has 2 aromatic rings. The number of halogens is 4. The highest BCUT2D eigenvalue weighted by Crippen LogP contribution is 2.36. The van der Waals surface area contributed by atoms with Gasteiger partial charge in [-0.15, -0.1) is 0 Å². The number of hydrogen-bond donors (Lipinski definition) is 2. The lowest BCUT2D eigenvalue weighted by Gasteiger charge is -2.19. The van der Waals surface area contributed by atoms with Gasteiger partial charge in [0.1, 0.15) is 17.5 Å². The number of hydrogen-bond acceptors (Lipinski definition) is 4. The van der Waals surface area contributed by atoms with Crippen molar-refractivity contribution < 1.29 is 32.2 Å². The lowest BCUT2D eigenvalue weighted by Crippen LogP contribution is -2.33. The Balaban J connectivity index is 2.50. The van der Waals surface area contributed by atoms with Gasteiger partial charge in [0, 0.05) is 23.9 Å². The number of nitrogens with zero attached hydrogens (tertiary/aromatic N) is 2. The number of carboxylic acid groups (broad SMARTS) is 1. The van der Waals surface area contributed by atoms with Crippen LogP contribution in [0, 0.1) is 5.82 Å². The van der Waals surface area contributed by atoms with E-state index in [0.29, 0.717) is 0 Å². The first kappa shape index (κ1) is 19.5. The van der Waals surface area contributed by atoms with E-state index < -0.39 is 29.7 Å². The number of ether oxygens (including phenoxy) is 1. The van der Waals surface area contributed by atoms with E-state index in [1.54, 1.807) is 6.92 Å². The molecule has 1 aromatic heterocycles. The molecule has 1 atom stereocenters. The van der Waals surface area contributed by atoms with E-state index in [-0.39, 0.29) is 29.2 Å². The third-order valence-electron chi connectivity index (χ3n) is 3.73. The van der Waals surface area contributed by atoms with Crippen molar-refractivity contribution in [2.45, 2.75) is 32.6 Å². The maximum atomic E-state index is 14.5. The highest BCUT2D eigenvalue weighted by Gasteiger charge is 2.36. The third-order valence-corrected chi connectivity index (χ3v) is 3.73. The minimum Gasteiger partial charge on any atom is -0.496 e. The number of carbonyl (C=O) groups is 1. The molecule has 0 spiro atoms. The van der Waals surface area contributed by atoms with E-state index >= 15 is 0 Å². The molecule has 1 aromatic carbocycles. The second kappa shape index (κ2) is 7.22. The lowest BCUT2D eigenvalue weighted by atomic mass is 10.1. The highest BCUT2D eigenvalue weighted by atomic mass is 19.4. The van der Waals surface area contributed by atoms with Crippen molar-refractivity contribution in [2.24, 2.45) is 0 Å². The fourth-order valence-electron chi connectivity index (χ4n) is 2.37. The Kier molecular flexibility index (Phi) is 5.43. The zero-order valence-corrected chi connectivity index (χ0v) is 14.2. The SMILES string of the molecule is CCn1nc(C(=O)O)c(F)c1-c1ccc(N[C@H](C)C(F)(F)F)cc1OC. The molecular weight excluding hydrogens is 358 g/mol. The van der Waals surface area contributed by atoms with Gasteiger partial charge in [-0.1, -0.05) is 0 Å². The van der Waals surface area contributed by atoms with Gasteiger partial charge >= 0.3 is 12.1 Å². The largest absolute Gasteiger partial charge is 0.496 e. The molecule has 0 fully saturated rings. The second-order valence-corrected chi connectivity index (χ2v) is 5.45. The third kappa shape index (κ3) is 3.73. The number of anilines is 1. The maximum absolute atomic E-state index is 14.5. The molecule has 0 aliphatic rings. The zero-order valence-electron chi connectivity index (χ0n) is 14.2. The molecular formula is C16H17F4N3O3. The van der Waals surface area contributed by atoms with Crippen LogP contribution in [0.1, 0.15) is 24.3 Å². The average Bonchev–Trinajstić information content (AvgIpc) is 2.90. The van der Waals surface area contributed by atoms with Crippen molar-refractivity contribution in [1.29, 1.82) is 0 Å². The summed E-state index contributed by atoms with van der Waals surface area (Å²) in [5.74, 6) is -2.48.